The Hall–Kier alpha value is -1.77. The van der Waals surface area contributed by atoms with Gasteiger partial charge in [-0.05, 0) is 6.42 Å². The molecule has 1 saturated heterocycles. The number of nitrogens with zero attached hydrogens (tertiary/aromatic N) is 4. The molecular weight excluding hydrogens is 312 g/mol. The second-order valence-corrected chi connectivity index (χ2v) is 6.03. The first-order chi connectivity index (χ1) is 11.7. The lowest BCUT2D eigenvalue weighted by Crippen LogP contribution is -2.24. The van der Waals surface area contributed by atoms with E-state index in [-0.39, 0.29) is 6.61 Å². The van der Waals surface area contributed by atoms with Crippen molar-refractivity contribution < 1.29 is 19.7 Å². The average Bonchev–Trinajstić information content (AvgIpc) is 3.18. The Morgan fingerprint density at radius 3 is 2.92 bits per heavy atom. The minimum absolute atomic E-state index is 0.217. The Labute approximate surface area is 140 Å². The van der Waals surface area contributed by atoms with Crippen LogP contribution in [-0.2, 0) is 4.74 Å². The second-order valence-electron chi connectivity index (χ2n) is 6.03. The summed E-state index contributed by atoms with van der Waals surface area (Å²) in [6, 6.07) is 0. The molecule has 2 N–H and O–H groups in total. The number of ether oxygens (including phenoxy) is 2. The van der Waals surface area contributed by atoms with E-state index in [9.17, 15) is 10.2 Å². The maximum absolute atomic E-state index is 9.90. The summed E-state index contributed by atoms with van der Waals surface area (Å²) in [5.74, 6) is 0.465. The number of unbranched alkanes of at least 4 members (excludes halogenated alkanes) is 3. The van der Waals surface area contributed by atoms with Gasteiger partial charge in [-0.2, -0.15) is 4.98 Å². The highest BCUT2D eigenvalue weighted by atomic mass is 16.5. The molecule has 3 rings (SSSR count). The fourth-order valence-electron chi connectivity index (χ4n) is 2.89. The van der Waals surface area contributed by atoms with Crippen LogP contribution in [0, 0.1) is 0 Å². The predicted octanol–water partition coefficient (Wildman–Crippen LogP) is 1.43. The molecule has 0 radical (unpaired) electrons. The van der Waals surface area contributed by atoms with E-state index in [2.05, 4.69) is 21.9 Å². The van der Waals surface area contributed by atoms with Gasteiger partial charge in [0.05, 0.1) is 25.6 Å². The predicted molar refractivity (Wildman–Crippen MR) is 86.6 cm³/mol. The van der Waals surface area contributed by atoms with Crippen LogP contribution in [0.2, 0.25) is 0 Å². The van der Waals surface area contributed by atoms with Crippen molar-refractivity contribution in [1.82, 2.24) is 19.5 Å². The zero-order valence-electron chi connectivity index (χ0n) is 13.8. The minimum atomic E-state index is -0.700. The highest BCUT2D eigenvalue weighted by molar-refractivity contribution is 5.76. The zero-order valence-corrected chi connectivity index (χ0v) is 13.8. The molecule has 24 heavy (non-hydrogen) atoms. The number of hydrogen-bond donors (Lipinski definition) is 2. The molecule has 8 heteroatoms. The van der Waals surface area contributed by atoms with E-state index in [0.29, 0.717) is 30.1 Å². The Kier molecular flexibility index (Phi) is 5.60. The molecule has 8 nitrogen and oxygen atoms in total. The number of aromatic nitrogens is 4. The molecule has 2 aromatic heterocycles. The third-order valence-electron chi connectivity index (χ3n) is 4.26. The number of imidazole rings is 1. The monoisotopic (exact) mass is 336 g/mol. The number of rotatable bonds is 8. The number of hydrogen-bond acceptors (Lipinski definition) is 7. The summed E-state index contributed by atoms with van der Waals surface area (Å²) in [6.07, 6.45) is 6.25. The molecule has 0 aromatic carbocycles. The number of fused-ring (bicyclic) bond motifs is 1. The van der Waals surface area contributed by atoms with E-state index in [4.69, 9.17) is 9.47 Å². The van der Waals surface area contributed by atoms with E-state index in [0.717, 1.165) is 12.8 Å². The third kappa shape index (κ3) is 3.50. The summed E-state index contributed by atoms with van der Waals surface area (Å²) in [4.78, 5) is 12.8. The molecule has 0 unspecified atom stereocenters. The van der Waals surface area contributed by atoms with E-state index in [1.165, 1.54) is 19.2 Å². The van der Waals surface area contributed by atoms with Gasteiger partial charge in [0.2, 0.25) is 5.88 Å². The summed E-state index contributed by atoms with van der Waals surface area (Å²) >= 11 is 0. The van der Waals surface area contributed by atoms with E-state index < -0.39 is 18.4 Å². The van der Waals surface area contributed by atoms with Crippen LogP contribution in [0.15, 0.2) is 12.7 Å². The maximum Gasteiger partial charge on any atom is 0.245 e. The van der Waals surface area contributed by atoms with Gasteiger partial charge in [0.1, 0.15) is 18.7 Å². The van der Waals surface area contributed by atoms with Crippen molar-refractivity contribution in [3.8, 4) is 5.88 Å². The van der Waals surface area contributed by atoms with Crippen molar-refractivity contribution in [3.63, 3.8) is 0 Å². The Morgan fingerprint density at radius 1 is 1.29 bits per heavy atom. The largest absolute Gasteiger partial charge is 0.476 e. The lowest BCUT2D eigenvalue weighted by molar-refractivity contribution is -0.0432. The fraction of sp³-hybridized carbons (Fsp3) is 0.688. The summed E-state index contributed by atoms with van der Waals surface area (Å²) in [6.45, 7) is 2.56. The molecule has 1 fully saturated rings. The van der Waals surface area contributed by atoms with Crippen molar-refractivity contribution in [2.45, 2.75) is 57.5 Å². The molecule has 0 spiro atoms. The summed E-state index contributed by atoms with van der Waals surface area (Å²) in [5, 5.41) is 19.1. The Balaban J connectivity index is 1.72. The van der Waals surface area contributed by atoms with E-state index in [1.54, 1.807) is 10.9 Å². The van der Waals surface area contributed by atoms with Gasteiger partial charge in [-0.1, -0.05) is 26.2 Å². The highest BCUT2D eigenvalue weighted by Crippen LogP contribution is 2.31. The zero-order chi connectivity index (χ0) is 16.9. The molecule has 1 aliphatic heterocycles. The van der Waals surface area contributed by atoms with Crippen molar-refractivity contribution in [2.24, 2.45) is 0 Å². The van der Waals surface area contributed by atoms with Gasteiger partial charge < -0.3 is 19.7 Å². The first-order valence-corrected chi connectivity index (χ1v) is 8.49. The van der Waals surface area contributed by atoms with Crippen molar-refractivity contribution >= 4 is 11.2 Å². The van der Waals surface area contributed by atoms with Crippen molar-refractivity contribution in [3.05, 3.63) is 12.7 Å². The second kappa shape index (κ2) is 7.87. The first-order valence-electron chi connectivity index (χ1n) is 8.49. The Bertz CT molecular complexity index is 663. The quantitative estimate of drug-likeness (QED) is 0.703. The molecule has 0 aliphatic carbocycles. The average molecular weight is 336 g/mol. The molecule has 132 valence electrons. The number of aliphatic hydroxyl groups is 2. The topological polar surface area (TPSA) is 103 Å². The highest BCUT2D eigenvalue weighted by Gasteiger charge is 2.35. The minimum Gasteiger partial charge on any atom is -0.476 e. The van der Waals surface area contributed by atoms with Crippen LogP contribution in [0.4, 0.5) is 0 Å². The lowest BCUT2D eigenvalue weighted by Gasteiger charge is -2.13. The SMILES string of the molecule is CCCCCCOc1ncnc2c1ncn2[C@H]1C[C@H](O)[C@@H](CO)O1. The van der Waals surface area contributed by atoms with Gasteiger partial charge >= 0.3 is 0 Å². The molecule has 1 aliphatic rings. The van der Waals surface area contributed by atoms with Crippen LogP contribution < -0.4 is 4.74 Å². The molecule has 0 bridgehead atoms. The van der Waals surface area contributed by atoms with E-state index in [1.807, 2.05) is 0 Å². The molecule has 0 amide bonds. The van der Waals surface area contributed by atoms with Crippen LogP contribution in [0.1, 0.15) is 45.3 Å². The summed E-state index contributed by atoms with van der Waals surface area (Å²) in [5.41, 5.74) is 1.18. The van der Waals surface area contributed by atoms with Crippen LogP contribution in [-0.4, -0.2) is 55.2 Å². The molecule has 3 heterocycles. The van der Waals surface area contributed by atoms with Gasteiger partial charge in [-0.25, -0.2) is 9.97 Å². The van der Waals surface area contributed by atoms with Crippen molar-refractivity contribution in [2.75, 3.05) is 13.2 Å². The number of aliphatic hydroxyl groups excluding tert-OH is 2. The van der Waals surface area contributed by atoms with Crippen LogP contribution in [0.3, 0.4) is 0 Å². The van der Waals surface area contributed by atoms with Gasteiger partial charge in [-0.15, -0.1) is 0 Å². The summed E-state index contributed by atoms with van der Waals surface area (Å²) in [7, 11) is 0. The standard InChI is InChI=1S/C16H24N4O4/c1-2-3-4-5-6-23-16-14-15(17-9-18-16)20(10-19-14)13-7-11(22)12(8-21)24-13/h9-13,21-22H,2-8H2,1H3/t11-,12+,13+/m0/s1. The van der Waals surface area contributed by atoms with Gasteiger partial charge in [0.25, 0.3) is 0 Å². The first kappa shape index (κ1) is 17.1. The van der Waals surface area contributed by atoms with Gasteiger partial charge in [0.15, 0.2) is 11.2 Å². The van der Waals surface area contributed by atoms with Crippen LogP contribution >= 0.6 is 0 Å². The lowest BCUT2D eigenvalue weighted by atomic mass is 10.2. The van der Waals surface area contributed by atoms with E-state index >= 15 is 0 Å². The molecule has 2 aromatic rings. The smallest absolute Gasteiger partial charge is 0.245 e. The molecule has 0 saturated carbocycles. The van der Waals surface area contributed by atoms with Crippen LogP contribution in [0.25, 0.3) is 11.2 Å². The maximum atomic E-state index is 9.90. The molecular formula is C16H24N4O4. The summed E-state index contributed by atoms with van der Waals surface area (Å²) < 4.78 is 13.2. The van der Waals surface area contributed by atoms with Gasteiger partial charge in [-0.3, -0.25) is 4.57 Å². The fourth-order valence-corrected chi connectivity index (χ4v) is 2.89. The molecule has 3 atom stereocenters. The van der Waals surface area contributed by atoms with Crippen LogP contribution in [0.5, 0.6) is 5.88 Å². The Morgan fingerprint density at radius 2 is 2.17 bits per heavy atom. The van der Waals surface area contributed by atoms with Gasteiger partial charge in [0, 0.05) is 6.42 Å². The third-order valence-corrected chi connectivity index (χ3v) is 4.26. The normalized spacial score (nSPS) is 23.9. The van der Waals surface area contributed by atoms with Crippen molar-refractivity contribution in [1.29, 1.82) is 0 Å².